The van der Waals surface area contributed by atoms with Gasteiger partial charge in [0.1, 0.15) is 0 Å². The van der Waals surface area contributed by atoms with Gasteiger partial charge in [0.05, 0.1) is 11.2 Å². The zero-order valence-corrected chi connectivity index (χ0v) is 12.5. The van der Waals surface area contributed by atoms with Crippen molar-refractivity contribution in [2.24, 2.45) is 0 Å². The number of carbonyl (C=O) groups is 1. The zero-order chi connectivity index (χ0) is 15.2. The van der Waals surface area contributed by atoms with Crippen molar-refractivity contribution in [3.8, 4) is 0 Å². The first-order chi connectivity index (χ1) is 10.1. The molecule has 21 heavy (non-hydrogen) atoms. The number of aromatic nitrogens is 1. The Morgan fingerprint density at radius 3 is 2.81 bits per heavy atom. The first-order valence-corrected chi connectivity index (χ1v) is 7.06. The van der Waals surface area contributed by atoms with Crippen LogP contribution in [0.1, 0.15) is 26.7 Å². The van der Waals surface area contributed by atoms with Crippen LogP contribution >= 0.6 is 0 Å². The molecule has 1 N–H and O–H groups in total. The van der Waals surface area contributed by atoms with Gasteiger partial charge in [0.25, 0.3) is 5.91 Å². The van der Waals surface area contributed by atoms with Crippen LogP contribution in [0.25, 0.3) is 10.9 Å². The van der Waals surface area contributed by atoms with Crippen LogP contribution in [0.4, 0.5) is 5.69 Å². The number of hydrogen-bond donors (Lipinski definition) is 1. The molecule has 0 aliphatic rings. The first-order valence-electron chi connectivity index (χ1n) is 7.06. The standard InChI is InChI=1S/C18H20N2O/c1-4-5-8-13(2)14(3)18(21)20-16-11-6-9-15-10-7-12-19-17(15)16/h4,6-7,9-12H,1,5,8H2,2-3H3,(H,20,21)/b14-13-. The zero-order valence-electron chi connectivity index (χ0n) is 12.5. The summed E-state index contributed by atoms with van der Waals surface area (Å²) in [5.74, 6) is -0.0743. The monoisotopic (exact) mass is 280 g/mol. The summed E-state index contributed by atoms with van der Waals surface area (Å²) in [6.45, 7) is 7.55. The van der Waals surface area contributed by atoms with Crippen LogP contribution < -0.4 is 5.32 Å². The van der Waals surface area contributed by atoms with Crippen LogP contribution in [0, 0.1) is 0 Å². The summed E-state index contributed by atoms with van der Waals surface area (Å²) in [4.78, 5) is 16.7. The van der Waals surface area contributed by atoms with Crippen LogP contribution in [0.15, 0.2) is 60.3 Å². The topological polar surface area (TPSA) is 42.0 Å². The lowest BCUT2D eigenvalue weighted by Gasteiger charge is -2.10. The van der Waals surface area contributed by atoms with E-state index in [0.29, 0.717) is 0 Å². The lowest BCUT2D eigenvalue weighted by atomic mass is 10.1. The van der Waals surface area contributed by atoms with Crippen LogP contribution in [-0.2, 0) is 4.79 Å². The number of benzene rings is 1. The van der Waals surface area contributed by atoms with Gasteiger partial charge >= 0.3 is 0 Å². The fraction of sp³-hybridized carbons (Fsp3) is 0.222. The number of allylic oxidation sites excluding steroid dienone is 2. The molecule has 0 fully saturated rings. The lowest BCUT2D eigenvalue weighted by molar-refractivity contribution is -0.112. The van der Waals surface area contributed by atoms with Crippen LogP contribution in [0.5, 0.6) is 0 Å². The Morgan fingerprint density at radius 2 is 2.05 bits per heavy atom. The maximum absolute atomic E-state index is 12.3. The van der Waals surface area contributed by atoms with Gasteiger partial charge in [0.15, 0.2) is 0 Å². The third-order valence-corrected chi connectivity index (χ3v) is 3.59. The van der Waals surface area contributed by atoms with Crippen molar-refractivity contribution in [1.82, 2.24) is 4.98 Å². The quantitative estimate of drug-likeness (QED) is 0.648. The fourth-order valence-corrected chi connectivity index (χ4v) is 2.12. The van der Waals surface area contributed by atoms with Gasteiger partial charge in [-0.2, -0.15) is 0 Å². The largest absolute Gasteiger partial charge is 0.320 e. The van der Waals surface area contributed by atoms with E-state index in [1.165, 1.54) is 0 Å². The highest BCUT2D eigenvalue weighted by Gasteiger charge is 2.10. The van der Waals surface area contributed by atoms with E-state index in [-0.39, 0.29) is 5.91 Å². The molecule has 1 amide bonds. The molecular weight excluding hydrogens is 260 g/mol. The summed E-state index contributed by atoms with van der Waals surface area (Å²) in [5, 5.41) is 3.97. The Morgan fingerprint density at radius 1 is 1.29 bits per heavy atom. The second kappa shape index (κ2) is 6.84. The molecule has 2 aromatic rings. The maximum atomic E-state index is 12.3. The minimum Gasteiger partial charge on any atom is -0.320 e. The van der Waals surface area contributed by atoms with Gasteiger partial charge in [-0.3, -0.25) is 9.78 Å². The number of fused-ring (bicyclic) bond motifs is 1. The maximum Gasteiger partial charge on any atom is 0.251 e. The average Bonchev–Trinajstić information content (AvgIpc) is 2.52. The van der Waals surface area contributed by atoms with Crippen LogP contribution in [0.3, 0.4) is 0 Å². The van der Waals surface area contributed by atoms with Crippen molar-refractivity contribution in [2.75, 3.05) is 5.32 Å². The third kappa shape index (κ3) is 3.57. The highest BCUT2D eigenvalue weighted by molar-refractivity contribution is 6.07. The summed E-state index contributed by atoms with van der Waals surface area (Å²) in [6.07, 6.45) is 5.34. The van der Waals surface area contributed by atoms with E-state index in [1.54, 1.807) is 6.20 Å². The van der Waals surface area contributed by atoms with Crippen molar-refractivity contribution in [3.63, 3.8) is 0 Å². The van der Waals surface area contributed by atoms with E-state index in [1.807, 2.05) is 50.3 Å². The summed E-state index contributed by atoms with van der Waals surface area (Å²) in [6, 6.07) is 9.65. The number of amides is 1. The van der Waals surface area contributed by atoms with Gasteiger partial charge in [-0.25, -0.2) is 0 Å². The van der Waals surface area contributed by atoms with Gasteiger partial charge in [0, 0.05) is 17.2 Å². The normalized spacial score (nSPS) is 11.9. The van der Waals surface area contributed by atoms with Crippen molar-refractivity contribution < 1.29 is 4.79 Å². The first kappa shape index (κ1) is 15.0. The Labute approximate surface area is 125 Å². The molecule has 1 heterocycles. The van der Waals surface area contributed by atoms with Gasteiger partial charge in [-0.15, -0.1) is 6.58 Å². The van der Waals surface area contributed by atoms with Gasteiger partial charge in [0.2, 0.25) is 0 Å². The summed E-state index contributed by atoms with van der Waals surface area (Å²) < 4.78 is 0. The molecule has 108 valence electrons. The highest BCUT2D eigenvalue weighted by atomic mass is 16.1. The lowest BCUT2D eigenvalue weighted by Crippen LogP contribution is -2.14. The van der Waals surface area contributed by atoms with Crippen molar-refractivity contribution in [3.05, 3.63) is 60.3 Å². The van der Waals surface area contributed by atoms with Crippen molar-refractivity contribution in [2.45, 2.75) is 26.7 Å². The van der Waals surface area contributed by atoms with Crippen molar-refractivity contribution >= 4 is 22.5 Å². The molecule has 0 bridgehead atoms. The van der Waals surface area contributed by atoms with Crippen LogP contribution in [-0.4, -0.2) is 10.9 Å². The number of pyridine rings is 1. The molecule has 0 spiro atoms. The molecule has 1 aromatic carbocycles. The number of nitrogens with zero attached hydrogens (tertiary/aromatic N) is 1. The fourth-order valence-electron chi connectivity index (χ4n) is 2.12. The van der Waals surface area contributed by atoms with E-state index in [0.717, 1.165) is 40.6 Å². The number of hydrogen-bond acceptors (Lipinski definition) is 2. The molecule has 0 radical (unpaired) electrons. The molecule has 0 atom stereocenters. The van der Waals surface area contributed by atoms with E-state index in [9.17, 15) is 4.79 Å². The minimum atomic E-state index is -0.0743. The Bertz CT molecular complexity index is 696. The second-order valence-corrected chi connectivity index (χ2v) is 5.07. The Hall–Kier alpha value is -2.42. The SMILES string of the molecule is C=CCC/C(C)=C(/C)C(=O)Nc1cccc2cccnc12. The molecule has 3 heteroatoms. The van der Waals surface area contributed by atoms with Gasteiger partial charge in [-0.05, 0) is 38.8 Å². The molecule has 0 aliphatic carbocycles. The van der Waals surface area contributed by atoms with Crippen LogP contribution in [0.2, 0.25) is 0 Å². The van der Waals surface area contributed by atoms with E-state index in [2.05, 4.69) is 16.9 Å². The van der Waals surface area contributed by atoms with E-state index in [4.69, 9.17) is 0 Å². The predicted molar refractivity (Wildman–Crippen MR) is 88.2 cm³/mol. The van der Waals surface area contributed by atoms with E-state index < -0.39 is 0 Å². The smallest absolute Gasteiger partial charge is 0.251 e. The van der Waals surface area contributed by atoms with Gasteiger partial charge < -0.3 is 5.32 Å². The molecule has 0 saturated heterocycles. The molecule has 2 rings (SSSR count). The molecule has 3 nitrogen and oxygen atoms in total. The average molecular weight is 280 g/mol. The summed E-state index contributed by atoms with van der Waals surface area (Å²) in [7, 11) is 0. The molecule has 0 saturated carbocycles. The highest BCUT2D eigenvalue weighted by Crippen LogP contribution is 2.22. The third-order valence-electron chi connectivity index (χ3n) is 3.59. The number of para-hydroxylation sites is 1. The predicted octanol–water partition coefficient (Wildman–Crippen LogP) is 4.48. The number of nitrogens with one attached hydrogen (secondary N) is 1. The van der Waals surface area contributed by atoms with E-state index >= 15 is 0 Å². The van der Waals surface area contributed by atoms with Gasteiger partial charge in [-0.1, -0.05) is 29.8 Å². The number of rotatable bonds is 5. The second-order valence-electron chi connectivity index (χ2n) is 5.07. The number of anilines is 1. The molecule has 0 aliphatic heterocycles. The van der Waals surface area contributed by atoms with Crippen molar-refractivity contribution in [1.29, 1.82) is 0 Å². The number of carbonyl (C=O) groups excluding carboxylic acids is 1. The molecular formula is C18H20N2O. The Kier molecular flexibility index (Phi) is 4.88. The summed E-state index contributed by atoms with van der Waals surface area (Å²) in [5.41, 5.74) is 3.39. The summed E-state index contributed by atoms with van der Waals surface area (Å²) >= 11 is 0. The molecule has 0 unspecified atom stereocenters. The minimum absolute atomic E-state index is 0.0743. The Balaban J connectivity index is 2.24. The molecule has 1 aromatic heterocycles.